The van der Waals surface area contributed by atoms with Crippen molar-refractivity contribution in [2.24, 2.45) is 0 Å². The van der Waals surface area contributed by atoms with E-state index in [9.17, 15) is 41.6 Å². The summed E-state index contributed by atoms with van der Waals surface area (Å²) in [6.45, 7) is 5.01. The molecule has 0 spiro atoms. The number of nitrogens with one attached hydrogen (secondary N) is 2. The number of fused-ring (bicyclic) bond motifs is 2. The Morgan fingerprint density at radius 3 is 2.40 bits per heavy atom. The number of amides is 6. The number of rotatable bonds is 11. The topological polar surface area (TPSA) is 189 Å². The van der Waals surface area contributed by atoms with Gasteiger partial charge in [-0.2, -0.15) is 0 Å². The zero-order chi connectivity index (χ0) is 43.0. The van der Waals surface area contributed by atoms with E-state index in [1.165, 1.54) is 43.2 Å². The lowest BCUT2D eigenvalue weighted by Gasteiger charge is -2.32. The first kappa shape index (κ1) is 42.0. The van der Waals surface area contributed by atoms with Crippen molar-refractivity contribution in [1.29, 1.82) is 0 Å². The highest BCUT2D eigenvalue weighted by molar-refractivity contribution is 7.90. The van der Waals surface area contributed by atoms with Crippen LogP contribution in [0.2, 0.25) is 0 Å². The highest BCUT2D eigenvalue weighted by Crippen LogP contribution is 2.40. The second kappa shape index (κ2) is 16.9. The molecule has 4 aliphatic rings. The average Bonchev–Trinajstić information content (AvgIpc) is 3.64. The number of sulfone groups is 1. The minimum atomic E-state index is -3.75. The molecule has 3 aromatic carbocycles. The van der Waals surface area contributed by atoms with Crippen molar-refractivity contribution < 1.29 is 51.0 Å². The Bertz CT molecular complexity index is 2510. The van der Waals surface area contributed by atoms with Gasteiger partial charge >= 0.3 is 0 Å². The number of halogens is 1. The number of likely N-dealkylation sites (tertiary alicyclic amines) is 1. The number of nitrogens with zero attached hydrogens (tertiary/aromatic N) is 3. The number of carbonyl (C=O) groups is 6. The van der Waals surface area contributed by atoms with Crippen molar-refractivity contribution in [1.82, 2.24) is 20.0 Å². The van der Waals surface area contributed by atoms with Gasteiger partial charge in [0.2, 0.25) is 17.7 Å². The van der Waals surface area contributed by atoms with Crippen LogP contribution in [-0.4, -0.2) is 110 Å². The lowest BCUT2D eigenvalue weighted by molar-refractivity contribution is -0.137. The number of anilines is 1. The zero-order valence-electron chi connectivity index (χ0n) is 33.6. The van der Waals surface area contributed by atoms with Crippen LogP contribution in [0.1, 0.15) is 105 Å². The molecule has 2 fully saturated rings. The maximum Gasteiger partial charge on any atom is 0.264 e. The van der Waals surface area contributed by atoms with E-state index >= 15 is 0 Å². The third-order valence-electron chi connectivity index (χ3n) is 11.2. The van der Waals surface area contributed by atoms with Gasteiger partial charge in [-0.25, -0.2) is 12.8 Å². The summed E-state index contributed by atoms with van der Waals surface area (Å²) < 4.78 is 51.4. The molecule has 0 aliphatic carbocycles. The molecular weight excluding hydrogens is 798 g/mol. The highest BCUT2D eigenvalue weighted by Gasteiger charge is 2.44. The lowest BCUT2D eigenvalue weighted by atomic mass is 9.85. The van der Waals surface area contributed by atoms with Gasteiger partial charge in [0.25, 0.3) is 17.7 Å². The average molecular weight is 842 g/mol. The smallest absolute Gasteiger partial charge is 0.264 e. The van der Waals surface area contributed by atoms with E-state index in [4.69, 9.17) is 9.47 Å². The van der Waals surface area contributed by atoms with Crippen LogP contribution in [0.25, 0.3) is 0 Å². The zero-order valence-corrected chi connectivity index (χ0v) is 34.4. The molecule has 0 bridgehead atoms. The molecule has 17 heteroatoms. The molecule has 0 radical (unpaired) electrons. The minimum Gasteiger partial charge on any atom is -0.493 e. The predicted molar refractivity (Wildman–Crippen MR) is 216 cm³/mol. The van der Waals surface area contributed by atoms with Crippen LogP contribution in [-0.2, 0) is 30.8 Å². The standard InChI is InChI=1S/C43H44FN5O10S/c1-5-59-37-19-27(8-10-36(37)58-3)35(23-60(4,56)57)49-42(54)31-17-25(18-33(45-24(2)50)39(31)43(49)55)7-6-14-47-15-12-26(13-16-47)29-20-28(44)21-30-32(29)22-48(41(30)53)34-9-11-38(51)46-40(34)52/h8,10,17-21,26,34-35H,5,9,11-16,22-23H2,1-4H3,(H,45,50)(H,46,51,52). The second-order valence-corrected chi connectivity index (χ2v) is 17.5. The van der Waals surface area contributed by atoms with Crippen LogP contribution in [0.15, 0.2) is 42.5 Å². The molecule has 60 heavy (non-hydrogen) atoms. The Morgan fingerprint density at radius 1 is 0.983 bits per heavy atom. The largest absolute Gasteiger partial charge is 0.493 e. The van der Waals surface area contributed by atoms with Crippen molar-refractivity contribution in [3.05, 3.63) is 87.2 Å². The summed E-state index contributed by atoms with van der Waals surface area (Å²) in [6.07, 6.45) is 2.64. The first-order valence-electron chi connectivity index (χ1n) is 19.6. The SMILES string of the molecule is CCOc1cc(C(CS(C)(=O)=O)N2C(=O)c3cc(C#CCN4CCC(c5cc(F)cc6c5CN(C5CCC(=O)NC5=O)C6=O)CC4)cc(NC(C)=O)c3C2=O)ccc1OC. The molecule has 3 aromatic rings. The maximum atomic E-state index is 14.9. The third-order valence-corrected chi connectivity index (χ3v) is 12.1. The van der Waals surface area contributed by atoms with Crippen LogP contribution in [0, 0.1) is 17.7 Å². The summed E-state index contributed by atoms with van der Waals surface area (Å²) in [6, 6.07) is 8.28. The van der Waals surface area contributed by atoms with Crippen molar-refractivity contribution in [2.45, 2.75) is 64.1 Å². The number of imide groups is 2. The quantitative estimate of drug-likeness (QED) is 0.212. The summed E-state index contributed by atoms with van der Waals surface area (Å²) in [5, 5.41) is 4.93. The number of methoxy groups -OCH3 is 1. The Hall–Kier alpha value is -6.12. The van der Waals surface area contributed by atoms with E-state index in [1.807, 2.05) is 0 Å². The van der Waals surface area contributed by atoms with E-state index in [0.29, 0.717) is 60.7 Å². The van der Waals surface area contributed by atoms with Crippen LogP contribution >= 0.6 is 0 Å². The van der Waals surface area contributed by atoms with E-state index in [1.54, 1.807) is 25.1 Å². The van der Waals surface area contributed by atoms with E-state index in [2.05, 4.69) is 27.4 Å². The molecule has 0 aromatic heterocycles. The fraction of sp³-hybridized carbons (Fsp3) is 0.395. The monoisotopic (exact) mass is 841 g/mol. The molecule has 2 N–H and O–H groups in total. The van der Waals surface area contributed by atoms with Crippen LogP contribution in [0.4, 0.5) is 10.1 Å². The molecule has 2 atom stereocenters. The van der Waals surface area contributed by atoms with Crippen LogP contribution in [0.3, 0.4) is 0 Å². The van der Waals surface area contributed by atoms with Gasteiger partial charge in [0.05, 0.1) is 48.9 Å². The van der Waals surface area contributed by atoms with Gasteiger partial charge in [-0.15, -0.1) is 0 Å². The van der Waals surface area contributed by atoms with E-state index in [0.717, 1.165) is 16.7 Å². The Labute approximate surface area is 346 Å². The van der Waals surface area contributed by atoms with Gasteiger partial charge in [0.15, 0.2) is 11.5 Å². The number of benzene rings is 3. The van der Waals surface area contributed by atoms with E-state index in [-0.39, 0.29) is 60.2 Å². The van der Waals surface area contributed by atoms with Gasteiger partial charge in [-0.3, -0.25) is 43.9 Å². The first-order chi connectivity index (χ1) is 28.6. The molecule has 7 rings (SSSR count). The summed E-state index contributed by atoms with van der Waals surface area (Å²) in [4.78, 5) is 82.6. The van der Waals surface area contributed by atoms with Gasteiger partial charge in [-0.1, -0.05) is 17.9 Å². The molecule has 4 heterocycles. The molecule has 6 amide bonds. The molecule has 314 valence electrons. The van der Waals surface area contributed by atoms with Crippen molar-refractivity contribution >= 4 is 51.0 Å². The van der Waals surface area contributed by atoms with Gasteiger partial charge < -0.3 is 19.7 Å². The summed E-state index contributed by atoms with van der Waals surface area (Å²) >= 11 is 0. The van der Waals surface area contributed by atoms with E-state index < -0.39 is 63.0 Å². The fourth-order valence-corrected chi connectivity index (χ4v) is 9.39. The normalized spacial score (nSPS) is 18.8. The Kier molecular flexibility index (Phi) is 11.8. The van der Waals surface area contributed by atoms with Gasteiger partial charge in [0.1, 0.15) is 21.7 Å². The summed E-state index contributed by atoms with van der Waals surface area (Å²) in [7, 11) is -2.30. The fourth-order valence-electron chi connectivity index (χ4n) is 8.48. The molecule has 15 nitrogen and oxygen atoms in total. The van der Waals surface area contributed by atoms with Crippen molar-refractivity contribution in [3.63, 3.8) is 0 Å². The first-order valence-corrected chi connectivity index (χ1v) is 21.6. The predicted octanol–water partition coefficient (Wildman–Crippen LogP) is 3.57. The number of piperidine rings is 2. The maximum absolute atomic E-state index is 14.9. The van der Waals surface area contributed by atoms with Gasteiger partial charge in [0, 0.05) is 37.3 Å². The van der Waals surface area contributed by atoms with Crippen molar-refractivity contribution in [3.8, 4) is 23.3 Å². The molecular formula is C43H44FN5O10S. The van der Waals surface area contributed by atoms with Gasteiger partial charge in [-0.05, 0) is 98.3 Å². The number of hydrogen-bond acceptors (Lipinski definition) is 11. The molecule has 2 unspecified atom stereocenters. The molecule has 4 aliphatic heterocycles. The van der Waals surface area contributed by atoms with Crippen LogP contribution < -0.4 is 20.1 Å². The number of hydrogen-bond donors (Lipinski definition) is 2. The lowest BCUT2D eigenvalue weighted by Crippen LogP contribution is -2.52. The number of carbonyl (C=O) groups excluding carboxylic acids is 6. The van der Waals surface area contributed by atoms with Crippen molar-refractivity contribution in [2.75, 3.05) is 50.7 Å². The summed E-state index contributed by atoms with van der Waals surface area (Å²) in [5.74, 6) is 2.34. The third kappa shape index (κ3) is 8.48. The summed E-state index contributed by atoms with van der Waals surface area (Å²) in [5.41, 5.74) is 2.29. The molecule has 2 saturated heterocycles. The Balaban J connectivity index is 1.08. The molecule has 0 saturated carbocycles. The number of ether oxygens (including phenoxy) is 2. The Morgan fingerprint density at radius 2 is 1.73 bits per heavy atom. The minimum absolute atomic E-state index is 0.0364. The second-order valence-electron chi connectivity index (χ2n) is 15.3. The highest BCUT2D eigenvalue weighted by atomic mass is 32.2. The van der Waals surface area contributed by atoms with Crippen LogP contribution in [0.5, 0.6) is 11.5 Å².